The molecule has 108 valence electrons. The number of carbonyl (C=O) groups excluding carboxylic acids is 1. The minimum atomic E-state index is 0.0151. The summed E-state index contributed by atoms with van der Waals surface area (Å²) in [7, 11) is 0. The number of anilines is 2. The molecule has 1 heterocycles. The highest BCUT2D eigenvalue weighted by molar-refractivity contribution is 6.30. The van der Waals surface area contributed by atoms with Gasteiger partial charge in [-0.3, -0.25) is 4.79 Å². The number of halogens is 1. The first-order chi connectivity index (χ1) is 10.0. The molecule has 0 aromatic heterocycles. The number of fused-ring (bicyclic) bond motifs is 1. The summed E-state index contributed by atoms with van der Waals surface area (Å²) in [6.07, 6.45) is 1.17. The lowest BCUT2D eigenvalue weighted by atomic mass is 10.0. The number of carbonyl (C=O) groups is 1. The smallest absolute Gasteiger partial charge is 0.224 e. The number of rotatable bonds is 2. The molecule has 0 atom stereocenters. The molecule has 0 spiro atoms. The third-order valence-corrected chi connectivity index (χ3v) is 3.74. The van der Waals surface area contributed by atoms with Crippen molar-refractivity contribution in [1.29, 1.82) is 0 Å². The highest BCUT2D eigenvalue weighted by Gasteiger charge is 2.17. The van der Waals surface area contributed by atoms with Crippen molar-refractivity contribution in [1.82, 2.24) is 0 Å². The van der Waals surface area contributed by atoms with E-state index < -0.39 is 0 Å². The second kappa shape index (κ2) is 5.30. The molecule has 0 unspecified atom stereocenters. The highest BCUT2D eigenvalue weighted by atomic mass is 35.5. The van der Waals surface area contributed by atoms with E-state index in [0.29, 0.717) is 35.1 Å². The molecule has 1 aliphatic rings. The van der Waals surface area contributed by atoms with Gasteiger partial charge in [-0.05, 0) is 48.7 Å². The van der Waals surface area contributed by atoms with Crippen LogP contribution in [0.15, 0.2) is 30.3 Å². The second-order valence-electron chi connectivity index (χ2n) is 5.11. The Morgan fingerprint density at radius 2 is 2.00 bits per heavy atom. The van der Waals surface area contributed by atoms with Gasteiger partial charge in [0.1, 0.15) is 5.75 Å². The summed E-state index contributed by atoms with van der Waals surface area (Å²) in [5.41, 5.74) is 9.26. The zero-order chi connectivity index (χ0) is 15.0. The van der Waals surface area contributed by atoms with Crippen LogP contribution >= 0.6 is 11.6 Å². The van der Waals surface area contributed by atoms with Gasteiger partial charge in [-0.2, -0.15) is 0 Å². The van der Waals surface area contributed by atoms with E-state index in [4.69, 9.17) is 22.1 Å². The number of ether oxygens (including phenoxy) is 1. The van der Waals surface area contributed by atoms with E-state index in [1.807, 2.05) is 25.1 Å². The summed E-state index contributed by atoms with van der Waals surface area (Å²) in [6, 6.07) is 9.09. The summed E-state index contributed by atoms with van der Waals surface area (Å²) in [5, 5.41) is 3.43. The van der Waals surface area contributed by atoms with Crippen LogP contribution in [0.25, 0.3) is 0 Å². The third kappa shape index (κ3) is 2.81. The summed E-state index contributed by atoms with van der Waals surface area (Å²) >= 11 is 6.00. The van der Waals surface area contributed by atoms with Crippen LogP contribution in [0, 0.1) is 6.92 Å². The number of aryl methyl sites for hydroxylation is 2. The molecule has 0 bridgehead atoms. The molecule has 21 heavy (non-hydrogen) atoms. The molecule has 0 saturated heterocycles. The molecule has 1 amide bonds. The number of nitrogens with one attached hydrogen (secondary N) is 1. The Morgan fingerprint density at radius 1 is 1.19 bits per heavy atom. The Hall–Kier alpha value is -2.20. The largest absolute Gasteiger partial charge is 0.455 e. The highest BCUT2D eigenvalue weighted by Crippen LogP contribution is 2.36. The summed E-state index contributed by atoms with van der Waals surface area (Å²) in [6.45, 7) is 1.94. The van der Waals surface area contributed by atoms with Crippen LogP contribution in [0.2, 0.25) is 5.02 Å². The van der Waals surface area contributed by atoms with Gasteiger partial charge in [-0.1, -0.05) is 17.7 Å². The van der Waals surface area contributed by atoms with Crippen molar-refractivity contribution in [3.05, 3.63) is 46.5 Å². The molecule has 0 radical (unpaired) electrons. The molecule has 3 rings (SSSR count). The first-order valence-electron chi connectivity index (χ1n) is 6.69. The fourth-order valence-electron chi connectivity index (χ4n) is 2.31. The predicted molar refractivity (Wildman–Crippen MR) is 84.1 cm³/mol. The molecule has 2 aromatic rings. The van der Waals surface area contributed by atoms with Gasteiger partial charge in [0.25, 0.3) is 0 Å². The maximum Gasteiger partial charge on any atom is 0.224 e. The lowest BCUT2D eigenvalue weighted by Crippen LogP contribution is -2.19. The predicted octanol–water partition coefficient (Wildman–Crippen LogP) is 3.91. The number of nitrogen functional groups attached to an aromatic ring is 1. The zero-order valence-electron chi connectivity index (χ0n) is 11.6. The molecular formula is C16H15ClN2O2. The average Bonchev–Trinajstić information content (AvgIpc) is 2.44. The quantitative estimate of drug-likeness (QED) is 0.827. The number of hydrogen-bond acceptors (Lipinski definition) is 3. The molecule has 1 aliphatic heterocycles. The monoisotopic (exact) mass is 302 g/mol. The molecule has 5 heteroatoms. The minimum absolute atomic E-state index is 0.0151. The van der Waals surface area contributed by atoms with Crippen LogP contribution in [0.1, 0.15) is 17.5 Å². The van der Waals surface area contributed by atoms with Gasteiger partial charge in [0.05, 0.1) is 5.69 Å². The molecule has 2 aromatic carbocycles. The van der Waals surface area contributed by atoms with Crippen molar-refractivity contribution in [3.63, 3.8) is 0 Å². The topological polar surface area (TPSA) is 64.3 Å². The van der Waals surface area contributed by atoms with E-state index in [9.17, 15) is 4.79 Å². The van der Waals surface area contributed by atoms with E-state index in [1.165, 1.54) is 0 Å². The summed E-state index contributed by atoms with van der Waals surface area (Å²) in [5.74, 6) is 1.27. The second-order valence-corrected chi connectivity index (χ2v) is 5.54. The first kappa shape index (κ1) is 13.8. The molecular weight excluding hydrogens is 288 g/mol. The van der Waals surface area contributed by atoms with Gasteiger partial charge >= 0.3 is 0 Å². The third-order valence-electron chi connectivity index (χ3n) is 3.50. The first-order valence-corrected chi connectivity index (χ1v) is 7.07. The van der Waals surface area contributed by atoms with Gasteiger partial charge in [-0.25, -0.2) is 0 Å². The zero-order valence-corrected chi connectivity index (χ0v) is 12.3. The van der Waals surface area contributed by atoms with Crippen LogP contribution in [0.5, 0.6) is 11.5 Å². The normalized spacial score (nSPS) is 13.5. The maximum absolute atomic E-state index is 11.4. The number of nitrogens with two attached hydrogens (primary N) is 1. The number of amides is 1. The van der Waals surface area contributed by atoms with Crippen molar-refractivity contribution in [2.24, 2.45) is 0 Å². The Morgan fingerprint density at radius 3 is 2.81 bits per heavy atom. The van der Waals surface area contributed by atoms with E-state index in [1.54, 1.807) is 12.1 Å². The van der Waals surface area contributed by atoms with Crippen LogP contribution in [-0.2, 0) is 11.2 Å². The Bertz CT molecular complexity index is 728. The van der Waals surface area contributed by atoms with E-state index in [2.05, 4.69) is 5.32 Å². The Labute approximate surface area is 127 Å². The van der Waals surface area contributed by atoms with Crippen LogP contribution in [0.4, 0.5) is 11.4 Å². The SMILES string of the molecule is Cc1ccc(Cl)cc1Oc1cc2c(cc1N)NC(=O)CC2. The van der Waals surface area contributed by atoms with Crippen LogP contribution in [0.3, 0.4) is 0 Å². The molecule has 3 N–H and O–H groups in total. The lowest BCUT2D eigenvalue weighted by Gasteiger charge is -2.19. The summed E-state index contributed by atoms with van der Waals surface area (Å²) in [4.78, 5) is 11.4. The van der Waals surface area contributed by atoms with Crippen LogP contribution in [-0.4, -0.2) is 5.91 Å². The number of hydrogen-bond donors (Lipinski definition) is 2. The van der Waals surface area contributed by atoms with Gasteiger partial charge in [0.2, 0.25) is 5.91 Å². The van der Waals surface area contributed by atoms with Crippen molar-refractivity contribution in [2.75, 3.05) is 11.1 Å². The fraction of sp³-hybridized carbons (Fsp3) is 0.188. The summed E-state index contributed by atoms with van der Waals surface area (Å²) < 4.78 is 5.89. The van der Waals surface area contributed by atoms with E-state index in [0.717, 1.165) is 16.8 Å². The molecule has 0 saturated carbocycles. The van der Waals surface area contributed by atoms with Gasteiger partial charge in [-0.15, -0.1) is 0 Å². The van der Waals surface area contributed by atoms with Crippen LogP contribution < -0.4 is 15.8 Å². The maximum atomic E-state index is 11.4. The van der Waals surface area contributed by atoms with Crippen molar-refractivity contribution in [2.45, 2.75) is 19.8 Å². The van der Waals surface area contributed by atoms with Gasteiger partial charge in [0, 0.05) is 17.1 Å². The standard InChI is InChI=1S/C16H15ClN2O2/c1-9-2-4-11(17)7-14(9)21-15-6-10-3-5-16(20)19-13(10)8-12(15)18/h2,4,6-8H,3,5,18H2,1H3,(H,19,20). The Balaban J connectivity index is 1.96. The number of benzene rings is 2. The van der Waals surface area contributed by atoms with Crippen molar-refractivity contribution < 1.29 is 9.53 Å². The van der Waals surface area contributed by atoms with Gasteiger partial charge in [0.15, 0.2) is 5.75 Å². The molecule has 0 aliphatic carbocycles. The van der Waals surface area contributed by atoms with E-state index in [-0.39, 0.29) is 5.91 Å². The average molecular weight is 303 g/mol. The van der Waals surface area contributed by atoms with Gasteiger partial charge < -0.3 is 15.8 Å². The fourth-order valence-corrected chi connectivity index (χ4v) is 2.48. The lowest BCUT2D eigenvalue weighted by molar-refractivity contribution is -0.116. The van der Waals surface area contributed by atoms with Crippen molar-refractivity contribution >= 4 is 28.9 Å². The molecule has 0 fully saturated rings. The minimum Gasteiger partial charge on any atom is -0.455 e. The van der Waals surface area contributed by atoms with E-state index >= 15 is 0 Å². The Kier molecular flexibility index (Phi) is 3.47. The van der Waals surface area contributed by atoms with Crippen molar-refractivity contribution in [3.8, 4) is 11.5 Å². The molecule has 4 nitrogen and oxygen atoms in total.